The van der Waals surface area contributed by atoms with E-state index in [1.54, 1.807) is 17.7 Å². The normalized spacial score (nSPS) is 17.6. The van der Waals surface area contributed by atoms with Gasteiger partial charge in [0.2, 0.25) is 4.77 Å². The largest absolute Gasteiger partial charge is 0.378 e. The van der Waals surface area contributed by atoms with Crippen LogP contribution in [-0.4, -0.2) is 50.9 Å². The number of fused-ring (bicyclic) bond motifs is 7. The molecule has 26 heavy (non-hydrogen) atoms. The molecular formula is C17H16N6OS2. The van der Waals surface area contributed by atoms with E-state index >= 15 is 0 Å². The lowest BCUT2D eigenvalue weighted by molar-refractivity contribution is 0.122. The fourth-order valence-corrected chi connectivity index (χ4v) is 5.50. The number of ether oxygens (including phenoxy) is 1. The van der Waals surface area contributed by atoms with Crippen LogP contribution >= 0.6 is 23.6 Å². The quantitative estimate of drug-likeness (QED) is 0.509. The number of aryl methyl sites for hydroxylation is 1. The molecule has 132 valence electrons. The lowest BCUT2D eigenvalue weighted by Gasteiger charge is -2.29. The predicted molar refractivity (Wildman–Crippen MR) is 104 cm³/mol. The van der Waals surface area contributed by atoms with Crippen molar-refractivity contribution in [2.45, 2.75) is 19.3 Å². The minimum absolute atomic E-state index is 0.569. The van der Waals surface area contributed by atoms with Gasteiger partial charge < -0.3 is 9.64 Å². The molecule has 4 aromatic heterocycles. The van der Waals surface area contributed by atoms with Crippen LogP contribution in [0.3, 0.4) is 0 Å². The van der Waals surface area contributed by atoms with Gasteiger partial charge in [-0.05, 0) is 42.6 Å². The second-order valence-corrected chi connectivity index (χ2v) is 8.16. The first kappa shape index (κ1) is 15.0. The van der Waals surface area contributed by atoms with Crippen molar-refractivity contribution in [3.05, 3.63) is 22.2 Å². The first-order valence-electron chi connectivity index (χ1n) is 8.83. The van der Waals surface area contributed by atoms with Gasteiger partial charge in [-0.25, -0.2) is 9.97 Å². The van der Waals surface area contributed by atoms with E-state index in [9.17, 15) is 0 Å². The highest BCUT2D eigenvalue weighted by Gasteiger charge is 2.27. The van der Waals surface area contributed by atoms with E-state index in [4.69, 9.17) is 26.9 Å². The number of nitrogens with one attached hydrogen (secondary N) is 1. The number of hydrogen-bond donors (Lipinski definition) is 1. The molecule has 1 aliphatic carbocycles. The molecule has 1 saturated heterocycles. The number of H-pyrrole nitrogens is 1. The van der Waals surface area contributed by atoms with Crippen LogP contribution in [-0.2, 0) is 17.6 Å². The maximum absolute atomic E-state index is 5.53. The van der Waals surface area contributed by atoms with Gasteiger partial charge in [0.1, 0.15) is 21.7 Å². The van der Waals surface area contributed by atoms with Crippen LogP contribution in [0.15, 0.2) is 6.33 Å². The summed E-state index contributed by atoms with van der Waals surface area (Å²) in [6, 6.07) is 0. The highest BCUT2D eigenvalue weighted by atomic mass is 32.1. The smallest absolute Gasteiger partial charge is 0.200 e. The summed E-state index contributed by atoms with van der Waals surface area (Å²) in [7, 11) is 0. The average Bonchev–Trinajstić information content (AvgIpc) is 3.37. The number of anilines is 1. The molecule has 5 heterocycles. The lowest BCUT2D eigenvalue weighted by atomic mass is 10.1. The Labute approximate surface area is 157 Å². The minimum atomic E-state index is 0.569. The zero-order valence-corrected chi connectivity index (χ0v) is 15.6. The molecule has 9 heteroatoms. The fraction of sp³-hybridized carbons (Fsp3) is 0.412. The Hall–Kier alpha value is -2.10. The van der Waals surface area contributed by atoms with Gasteiger partial charge in [-0.1, -0.05) is 0 Å². The van der Waals surface area contributed by atoms with Gasteiger partial charge in [0, 0.05) is 18.5 Å². The van der Waals surface area contributed by atoms with Gasteiger partial charge in [0.25, 0.3) is 0 Å². The number of thiophene rings is 1. The van der Waals surface area contributed by atoms with E-state index in [0.29, 0.717) is 4.77 Å². The van der Waals surface area contributed by atoms with E-state index in [2.05, 4.69) is 15.1 Å². The molecule has 0 spiro atoms. The Balaban J connectivity index is 1.70. The van der Waals surface area contributed by atoms with Crippen molar-refractivity contribution in [1.82, 2.24) is 24.6 Å². The molecular weight excluding hydrogens is 368 g/mol. The van der Waals surface area contributed by atoms with Gasteiger partial charge in [-0.3, -0.25) is 9.50 Å². The van der Waals surface area contributed by atoms with Crippen LogP contribution in [0.5, 0.6) is 0 Å². The molecule has 0 bridgehead atoms. The molecule has 1 aliphatic heterocycles. The summed E-state index contributed by atoms with van der Waals surface area (Å²) in [5.41, 5.74) is 4.67. The van der Waals surface area contributed by atoms with Gasteiger partial charge in [0.05, 0.1) is 18.7 Å². The van der Waals surface area contributed by atoms with E-state index in [1.165, 1.54) is 22.9 Å². The summed E-state index contributed by atoms with van der Waals surface area (Å²) in [4.78, 5) is 13.3. The monoisotopic (exact) mass is 384 g/mol. The summed E-state index contributed by atoms with van der Waals surface area (Å²) in [6.45, 7) is 3.36. The second-order valence-electron chi connectivity index (χ2n) is 6.77. The summed E-state index contributed by atoms with van der Waals surface area (Å²) in [5.74, 6) is 1.15. The van der Waals surface area contributed by atoms with Gasteiger partial charge in [0.15, 0.2) is 5.65 Å². The Morgan fingerprint density at radius 1 is 1.19 bits per heavy atom. The second kappa shape index (κ2) is 5.45. The summed E-state index contributed by atoms with van der Waals surface area (Å²) in [5, 5.41) is 8.49. The number of hydrogen-bond acceptors (Lipinski definition) is 7. The van der Waals surface area contributed by atoms with Crippen molar-refractivity contribution in [3.63, 3.8) is 0 Å². The Morgan fingerprint density at radius 3 is 2.92 bits per heavy atom. The highest BCUT2D eigenvalue weighted by molar-refractivity contribution is 7.71. The lowest BCUT2D eigenvalue weighted by Crippen LogP contribution is -2.37. The average molecular weight is 384 g/mol. The van der Waals surface area contributed by atoms with Crippen LogP contribution in [0, 0.1) is 4.77 Å². The number of aromatic amines is 1. The minimum Gasteiger partial charge on any atom is -0.378 e. The van der Waals surface area contributed by atoms with Crippen molar-refractivity contribution in [2.75, 3.05) is 31.2 Å². The molecule has 0 atom stereocenters. The van der Waals surface area contributed by atoms with Gasteiger partial charge in [-0.2, -0.15) is 5.10 Å². The molecule has 4 aromatic rings. The predicted octanol–water partition coefficient (Wildman–Crippen LogP) is 2.88. The summed E-state index contributed by atoms with van der Waals surface area (Å²) >= 11 is 6.96. The summed E-state index contributed by atoms with van der Waals surface area (Å²) < 4.78 is 8.97. The fourth-order valence-electron chi connectivity index (χ4n) is 4.19. The van der Waals surface area contributed by atoms with Gasteiger partial charge >= 0.3 is 0 Å². The molecule has 0 amide bonds. The van der Waals surface area contributed by atoms with E-state index in [-0.39, 0.29) is 0 Å². The van der Waals surface area contributed by atoms with Crippen LogP contribution in [0.2, 0.25) is 0 Å². The number of rotatable bonds is 1. The standard InChI is InChI=1S/C17H16N6OS2/c25-17-21-20-15-13-12(18-8-23(15)17)11-9-2-1-3-10(9)14(19-16(11)26-13)22-4-6-24-7-5-22/h8H,1-7H2,(H,21,25). The van der Waals surface area contributed by atoms with E-state index in [0.717, 1.165) is 65.7 Å². The number of morpholine rings is 1. The van der Waals surface area contributed by atoms with Crippen molar-refractivity contribution < 1.29 is 4.74 Å². The molecule has 0 radical (unpaired) electrons. The molecule has 0 aromatic carbocycles. The summed E-state index contributed by atoms with van der Waals surface area (Å²) in [6.07, 6.45) is 5.14. The topological polar surface area (TPSA) is 71.3 Å². The molecule has 2 aliphatic rings. The zero-order valence-electron chi connectivity index (χ0n) is 14.0. The third-order valence-corrected chi connectivity index (χ3v) is 6.74. The maximum Gasteiger partial charge on any atom is 0.200 e. The van der Waals surface area contributed by atoms with Crippen LogP contribution in [0.4, 0.5) is 5.82 Å². The molecule has 7 nitrogen and oxygen atoms in total. The SMILES string of the molecule is S=c1[nH]nc2c3sc4nc(N5CCOCC5)c5c(c4c3ncn12)CCC5. The molecule has 0 unspecified atom stereocenters. The third-order valence-electron chi connectivity index (χ3n) is 5.38. The maximum atomic E-state index is 5.53. The van der Waals surface area contributed by atoms with Crippen molar-refractivity contribution >= 4 is 55.5 Å². The van der Waals surface area contributed by atoms with Crippen LogP contribution in [0.1, 0.15) is 17.5 Å². The Morgan fingerprint density at radius 2 is 2.04 bits per heavy atom. The first-order valence-corrected chi connectivity index (χ1v) is 10.1. The molecule has 1 fully saturated rings. The van der Waals surface area contributed by atoms with Crippen LogP contribution in [0.25, 0.3) is 26.1 Å². The molecule has 6 rings (SSSR count). The third kappa shape index (κ3) is 1.96. The number of pyridine rings is 1. The van der Waals surface area contributed by atoms with Gasteiger partial charge in [-0.15, -0.1) is 11.3 Å². The van der Waals surface area contributed by atoms with Crippen molar-refractivity contribution in [3.8, 4) is 0 Å². The van der Waals surface area contributed by atoms with E-state index in [1.807, 2.05) is 4.40 Å². The number of aromatic nitrogens is 5. The molecule has 0 saturated carbocycles. The zero-order chi connectivity index (χ0) is 17.3. The Kier molecular flexibility index (Phi) is 3.14. The van der Waals surface area contributed by atoms with E-state index < -0.39 is 0 Å². The Bertz CT molecular complexity index is 1230. The van der Waals surface area contributed by atoms with Crippen molar-refractivity contribution in [2.24, 2.45) is 0 Å². The van der Waals surface area contributed by atoms with Crippen molar-refractivity contribution in [1.29, 1.82) is 0 Å². The molecule has 1 N–H and O–H groups in total. The first-order chi connectivity index (χ1) is 12.8. The van der Waals surface area contributed by atoms with Crippen LogP contribution < -0.4 is 4.90 Å². The highest BCUT2D eigenvalue weighted by Crippen LogP contribution is 2.42. The number of nitrogens with zero attached hydrogens (tertiary/aromatic N) is 5.